The molecule has 0 aliphatic heterocycles. The summed E-state index contributed by atoms with van der Waals surface area (Å²) in [5, 5.41) is 0. The van der Waals surface area contributed by atoms with Gasteiger partial charge in [0.25, 0.3) is 0 Å². The third-order valence-corrected chi connectivity index (χ3v) is 8.75. The first-order valence-corrected chi connectivity index (χ1v) is 19.2. The zero-order chi connectivity index (χ0) is 29.5. The molecular weight excluding hydrogens is 542 g/mol. The summed E-state index contributed by atoms with van der Waals surface area (Å²) in [5.41, 5.74) is 1.58. The van der Waals surface area contributed by atoms with Crippen molar-refractivity contribution in [2.24, 2.45) is 0 Å². The van der Waals surface area contributed by atoms with Crippen LogP contribution in [0.1, 0.15) is 30.4 Å². The van der Waals surface area contributed by atoms with Crippen molar-refractivity contribution >= 4 is 38.9 Å². The average Bonchev–Trinajstić information content (AvgIpc) is 2.91. The normalized spacial score (nSPS) is 11.8. The molecule has 0 aromatic heterocycles. The minimum atomic E-state index is -0.815. The largest absolute Gasteiger partial charge is 0.493 e. The molecule has 6 nitrogen and oxygen atoms in total. The zero-order valence-corrected chi connectivity index (χ0v) is 26.9. The van der Waals surface area contributed by atoms with E-state index in [2.05, 4.69) is 33.3 Å². The van der Waals surface area contributed by atoms with Gasteiger partial charge in [0.15, 0.2) is 34.6 Å². The Morgan fingerprint density at radius 1 is 0.750 bits per heavy atom. The summed E-state index contributed by atoms with van der Waals surface area (Å²) in [7, 11) is 2.44. The smallest absolute Gasteiger partial charge is 0.163 e. The van der Waals surface area contributed by atoms with E-state index < -0.39 is 7.26 Å². The van der Waals surface area contributed by atoms with E-state index >= 15 is 0 Å². The van der Waals surface area contributed by atoms with Gasteiger partial charge in [-0.05, 0) is 73.5 Å². The highest BCUT2D eigenvalue weighted by molar-refractivity contribution is 7.73. The van der Waals surface area contributed by atoms with E-state index in [-0.39, 0.29) is 25.9 Å². The topological polar surface area (TPSA) is 71.1 Å². The molecular formula is C32H45O6P2+. The monoisotopic (exact) mass is 587 g/mol. The molecule has 2 rings (SSSR count). The van der Waals surface area contributed by atoms with Gasteiger partial charge >= 0.3 is 0 Å². The molecule has 0 saturated carbocycles. The number of benzene rings is 2. The first-order chi connectivity index (χ1) is 19.0. The number of carbonyl (C=O) groups excluding carboxylic acids is 2. The van der Waals surface area contributed by atoms with Gasteiger partial charge in [0.05, 0.1) is 40.0 Å². The van der Waals surface area contributed by atoms with Crippen molar-refractivity contribution in [3.63, 3.8) is 0 Å². The summed E-state index contributed by atoms with van der Waals surface area (Å²) in [5.74, 6) is 2.04. The second kappa shape index (κ2) is 17.2. The van der Waals surface area contributed by atoms with Gasteiger partial charge in [-0.1, -0.05) is 24.3 Å². The molecule has 0 heterocycles. The van der Waals surface area contributed by atoms with E-state index in [4.69, 9.17) is 18.9 Å². The first-order valence-electron chi connectivity index (χ1n) is 13.5. The molecule has 0 N–H and O–H groups in total. The van der Waals surface area contributed by atoms with Crippen molar-refractivity contribution in [2.45, 2.75) is 19.3 Å². The molecule has 0 atom stereocenters. The van der Waals surface area contributed by atoms with Crippen LogP contribution in [0.5, 0.6) is 23.0 Å². The number of methoxy groups -OCH3 is 2. The van der Waals surface area contributed by atoms with Gasteiger partial charge in [-0.25, -0.2) is 0 Å². The number of allylic oxidation sites excluding steroid dienone is 2. The molecule has 8 heteroatoms. The molecule has 2 aromatic rings. The lowest BCUT2D eigenvalue weighted by Gasteiger charge is -2.14. The van der Waals surface area contributed by atoms with E-state index in [0.717, 1.165) is 24.0 Å². The first kappa shape index (κ1) is 33.5. The maximum atomic E-state index is 12.4. The van der Waals surface area contributed by atoms with Gasteiger partial charge in [-0.15, -0.1) is 7.92 Å². The molecule has 0 radical (unpaired) electrons. The molecule has 0 spiro atoms. The number of ketones is 2. The summed E-state index contributed by atoms with van der Waals surface area (Å²) in [4.78, 5) is 24.8. The van der Waals surface area contributed by atoms with Crippen LogP contribution in [-0.4, -0.2) is 84.6 Å². The van der Waals surface area contributed by atoms with E-state index in [1.807, 2.05) is 36.4 Å². The van der Waals surface area contributed by atoms with Crippen molar-refractivity contribution in [1.29, 1.82) is 0 Å². The molecule has 0 amide bonds. The maximum absolute atomic E-state index is 12.4. The summed E-state index contributed by atoms with van der Waals surface area (Å²) in [6, 6.07) is 11.1. The summed E-state index contributed by atoms with van der Waals surface area (Å²) in [6.45, 7) is 12.8. The summed E-state index contributed by atoms with van der Waals surface area (Å²) >= 11 is 0. The number of hydrogen-bond acceptors (Lipinski definition) is 6. The van der Waals surface area contributed by atoms with Crippen molar-refractivity contribution in [2.75, 3.05) is 73.1 Å². The van der Waals surface area contributed by atoms with Crippen LogP contribution >= 0.6 is 15.2 Å². The Balaban J connectivity index is 1.89. The Kier molecular flexibility index (Phi) is 14.4. The Morgan fingerprint density at radius 3 is 1.65 bits per heavy atom. The van der Waals surface area contributed by atoms with E-state index in [1.54, 1.807) is 26.4 Å². The molecule has 0 aliphatic rings. The van der Waals surface area contributed by atoms with Gasteiger partial charge in [-0.2, -0.15) is 0 Å². The Hall–Kier alpha value is -2.68. The molecule has 40 heavy (non-hydrogen) atoms. The van der Waals surface area contributed by atoms with E-state index in [0.29, 0.717) is 36.2 Å². The number of rotatable bonds is 18. The minimum Gasteiger partial charge on any atom is -0.493 e. The predicted octanol–water partition coefficient (Wildman–Crippen LogP) is 7.15. The summed E-state index contributed by atoms with van der Waals surface area (Å²) in [6.07, 6.45) is 10.4. The number of hydrogen-bond donors (Lipinski definition) is 0. The van der Waals surface area contributed by atoms with Crippen LogP contribution in [0, 0.1) is 0 Å². The molecule has 0 bridgehead atoms. The van der Waals surface area contributed by atoms with Crippen molar-refractivity contribution in [3.05, 3.63) is 59.7 Å². The molecule has 0 unspecified atom stereocenters. The van der Waals surface area contributed by atoms with Gasteiger partial charge in [0.1, 0.15) is 0 Å². The van der Waals surface area contributed by atoms with Crippen molar-refractivity contribution in [3.8, 4) is 23.0 Å². The van der Waals surface area contributed by atoms with Crippen molar-refractivity contribution in [1.82, 2.24) is 0 Å². The highest BCUT2D eigenvalue weighted by Crippen LogP contribution is 2.46. The Morgan fingerprint density at radius 2 is 1.23 bits per heavy atom. The lowest BCUT2D eigenvalue weighted by Crippen LogP contribution is -2.04. The highest BCUT2D eigenvalue weighted by atomic mass is 31.2. The third-order valence-electron chi connectivity index (χ3n) is 5.89. The third kappa shape index (κ3) is 13.1. The highest BCUT2D eigenvalue weighted by Gasteiger charge is 2.16. The Bertz CT molecular complexity index is 1160. The fourth-order valence-electron chi connectivity index (χ4n) is 3.77. The number of carbonyl (C=O) groups is 2. The van der Waals surface area contributed by atoms with Crippen molar-refractivity contribution < 1.29 is 28.5 Å². The van der Waals surface area contributed by atoms with Crippen LogP contribution < -0.4 is 18.9 Å². The molecule has 0 fully saturated rings. The lowest BCUT2D eigenvalue weighted by molar-refractivity contribution is -0.121. The van der Waals surface area contributed by atoms with E-state index in [1.165, 1.54) is 24.5 Å². The van der Waals surface area contributed by atoms with E-state index in [9.17, 15) is 9.59 Å². The standard InChI is InChI=1S/C32H45O6P2/c1-35-31-22-25(12-16-29(31)37-18-8-20-39(3)4)10-14-27(33)24-28(34)15-11-26-13-17-30(32(23-26)36-2)38-19-9-21-40(5,6)7/h10-17,22-23H,8-9,18-21,24H2,1-7H3/q+1/b14-10+,15-11+. The summed E-state index contributed by atoms with van der Waals surface area (Å²) < 4.78 is 22.7. The Labute approximate surface area is 242 Å². The fourth-order valence-corrected chi connectivity index (χ4v) is 5.61. The van der Waals surface area contributed by atoms with Gasteiger partial charge in [-0.3, -0.25) is 9.59 Å². The molecule has 2 aromatic carbocycles. The SMILES string of the molecule is COc1cc(/C=C/C(=O)CC(=O)/C=C/c2ccc(OCCC[P+](C)(C)C)c(OC)c2)ccc1OCCCP(C)C. The van der Waals surface area contributed by atoms with Crippen LogP contribution in [0.2, 0.25) is 0 Å². The molecule has 218 valence electrons. The quantitative estimate of drug-likeness (QED) is 0.0799. The minimum absolute atomic E-state index is 0.0717. The second-order valence-electron chi connectivity index (χ2n) is 10.8. The zero-order valence-electron chi connectivity index (χ0n) is 25.1. The van der Waals surface area contributed by atoms with Crippen LogP contribution in [0.25, 0.3) is 12.2 Å². The maximum Gasteiger partial charge on any atom is 0.163 e. The van der Waals surface area contributed by atoms with Crippen LogP contribution in [0.15, 0.2) is 48.6 Å². The van der Waals surface area contributed by atoms with Crippen LogP contribution in [-0.2, 0) is 9.59 Å². The number of ether oxygens (including phenoxy) is 4. The average molecular weight is 588 g/mol. The lowest BCUT2D eigenvalue weighted by atomic mass is 10.1. The predicted molar refractivity (Wildman–Crippen MR) is 172 cm³/mol. The van der Waals surface area contributed by atoms with Gasteiger partial charge in [0, 0.05) is 33.7 Å². The fraction of sp³-hybridized carbons (Fsp3) is 0.438. The molecule has 0 saturated heterocycles. The molecule has 0 aliphatic carbocycles. The van der Waals surface area contributed by atoms with Gasteiger partial charge < -0.3 is 18.9 Å². The van der Waals surface area contributed by atoms with Gasteiger partial charge in [0.2, 0.25) is 0 Å². The van der Waals surface area contributed by atoms with Crippen LogP contribution in [0.3, 0.4) is 0 Å². The second-order valence-corrected chi connectivity index (χ2v) is 18.5. The van der Waals surface area contributed by atoms with Crippen LogP contribution in [0.4, 0.5) is 0 Å².